The van der Waals surface area contributed by atoms with Gasteiger partial charge in [-0.15, -0.1) is 11.6 Å². The minimum Gasteiger partial charge on any atom is -0.326 e. The van der Waals surface area contributed by atoms with Crippen LogP contribution in [-0.4, -0.2) is 11.8 Å². The molecule has 3 heteroatoms. The lowest BCUT2D eigenvalue weighted by molar-refractivity contribution is -0.115. The van der Waals surface area contributed by atoms with Gasteiger partial charge in [-0.1, -0.05) is 26.0 Å². The SMILES string of the molecule is CC[C@H](C)c1ccc(NC(=O)CCCl)cc1. The topological polar surface area (TPSA) is 29.1 Å². The molecule has 0 spiro atoms. The summed E-state index contributed by atoms with van der Waals surface area (Å²) in [5.74, 6) is 0.885. The van der Waals surface area contributed by atoms with Crippen molar-refractivity contribution in [2.75, 3.05) is 11.2 Å². The van der Waals surface area contributed by atoms with Crippen LogP contribution < -0.4 is 5.32 Å². The molecule has 0 aliphatic carbocycles. The number of halogens is 1. The van der Waals surface area contributed by atoms with Crippen molar-refractivity contribution in [3.05, 3.63) is 29.8 Å². The molecule has 0 saturated carbocycles. The molecule has 1 aromatic rings. The molecule has 0 aromatic heterocycles. The van der Waals surface area contributed by atoms with E-state index >= 15 is 0 Å². The van der Waals surface area contributed by atoms with Crippen LogP contribution in [0.2, 0.25) is 0 Å². The third-order valence-corrected chi connectivity index (χ3v) is 2.89. The third-order valence-electron chi connectivity index (χ3n) is 2.70. The van der Waals surface area contributed by atoms with E-state index in [2.05, 4.69) is 31.3 Å². The van der Waals surface area contributed by atoms with Crippen molar-refractivity contribution >= 4 is 23.2 Å². The zero-order valence-electron chi connectivity index (χ0n) is 9.79. The van der Waals surface area contributed by atoms with E-state index in [0.717, 1.165) is 12.1 Å². The fourth-order valence-corrected chi connectivity index (χ4v) is 1.61. The fraction of sp³-hybridized carbons (Fsp3) is 0.462. The van der Waals surface area contributed by atoms with Gasteiger partial charge in [0.05, 0.1) is 0 Å². The van der Waals surface area contributed by atoms with Crippen LogP contribution in [0.5, 0.6) is 0 Å². The first-order valence-electron chi connectivity index (χ1n) is 5.63. The molecule has 0 unspecified atom stereocenters. The normalized spacial score (nSPS) is 12.2. The predicted molar refractivity (Wildman–Crippen MR) is 69.1 cm³/mol. The Morgan fingerprint density at radius 3 is 2.50 bits per heavy atom. The maximum Gasteiger partial charge on any atom is 0.225 e. The lowest BCUT2D eigenvalue weighted by Gasteiger charge is -2.10. The van der Waals surface area contributed by atoms with Gasteiger partial charge < -0.3 is 5.32 Å². The highest BCUT2D eigenvalue weighted by Crippen LogP contribution is 2.20. The van der Waals surface area contributed by atoms with Gasteiger partial charge in [0, 0.05) is 18.0 Å². The lowest BCUT2D eigenvalue weighted by atomic mass is 9.99. The van der Waals surface area contributed by atoms with Crippen molar-refractivity contribution in [2.45, 2.75) is 32.6 Å². The van der Waals surface area contributed by atoms with Gasteiger partial charge >= 0.3 is 0 Å². The molecule has 88 valence electrons. The zero-order valence-corrected chi connectivity index (χ0v) is 10.6. The zero-order chi connectivity index (χ0) is 12.0. The maximum atomic E-state index is 11.3. The smallest absolute Gasteiger partial charge is 0.225 e. The highest BCUT2D eigenvalue weighted by atomic mass is 35.5. The molecule has 0 saturated heterocycles. The number of hydrogen-bond donors (Lipinski definition) is 1. The summed E-state index contributed by atoms with van der Waals surface area (Å²) in [7, 11) is 0. The van der Waals surface area contributed by atoms with Crippen LogP contribution in [0.3, 0.4) is 0 Å². The average Bonchev–Trinajstić information content (AvgIpc) is 2.29. The summed E-state index contributed by atoms with van der Waals surface area (Å²) < 4.78 is 0. The standard InChI is InChI=1S/C13H18ClNO/c1-3-10(2)11-4-6-12(7-5-11)15-13(16)8-9-14/h4-7,10H,3,8-9H2,1-2H3,(H,15,16)/t10-/m0/s1. The van der Waals surface area contributed by atoms with Crippen molar-refractivity contribution in [3.63, 3.8) is 0 Å². The van der Waals surface area contributed by atoms with Gasteiger partial charge in [-0.2, -0.15) is 0 Å². The molecule has 0 heterocycles. The minimum atomic E-state index is -0.0358. The number of nitrogens with one attached hydrogen (secondary N) is 1. The molecule has 1 N–H and O–H groups in total. The number of hydrogen-bond acceptors (Lipinski definition) is 1. The van der Waals surface area contributed by atoms with Gasteiger partial charge in [0.1, 0.15) is 0 Å². The Morgan fingerprint density at radius 1 is 1.38 bits per heavy atom. The van der Waals surface area contributed by atoms with E-state index in [1.54, 1.807) is 0 Å². The van der Waals surface area contributed by atoms with Crippen LogP contribution in [0.25, 0.3) is 0 Å². The maximum absolute atomic E-state index is 11.3. The highest BCUT2D eigenvalue weighted by molar-refractivity contribution is 6.19. The van der Waals surface area contributed by atoms with Crippen LogP contribution >= 0.6 is 11.6 Å². The number of benzene rings is 1. The first-order valence-corrected chi connectivity index (χ1v) is 6.16. The van der Waals surface area contributed by atoms with E-state index in [0.29, 0.717) is 18.2 Å². The highest BCUT2D eigenvalue weighted by Gasteiger charge is 2.04. The van der Waals surface area contributed by atoms with E-state index in [4.69, 9.17) is 11.6 Å². The quantitative estimate of drug-likeness (QED) is 0.779. The van der Waals surface area contributed by atoms with Crippen molar-refractivity contribution in [2.24, 2.45) is 0 Å². The number of rotatable bonds is 5. The predicted octanol–water partition coefficient (Wildman–Crippen LogP) is 3.77. The van der Waals surface area contributed by atoms with Crippen molar-refractivity contribution in [1.29, 1.82) is 0 Å². The van der Waals surface area contributed by atoms with Gasteiger partial charge in [0.25, 0.3) is 0 Å². The Morgan fingerprint density at radius 2 is 2.00 bits per heavy atom. The minimum absolute atomic E-state index is 0.0358. The summed E-state index contributed by atoms with van der Waals surface area (Å²) in [4.78, 5) is 11.3. The Kier molecular flexibility index (Phi) is 5.33. The van der Waals surface area contributed by atoms with Gasteiger partial charge in [0.15, 0.2) is 0 Å². The second-order valence-corrected chi connectivity index (χ2v) is 4.30. The summed E-state index contributed by atoms with van der Waals surface area (Å²) in [5.41, 5.74) is 2.14. The van der Waals surface area contributed by atoms with E-state index in [9.17, 15) is 4.79 Å². The Hall–Kier alpha value is -1.02. The number of alkyl halides is 1. The average molecular weight is 240 g/mol. The molecule has 2 nitrogen and oxygen atoms in total. The van der Waals surface area contributed by atoms with Crippen molar-refractivity contribution < 1.29 is 4.79 Å². The van der Waals surface area contributed by atoms with E-state index < -0.39 is 0 Å². The summed E-state index contributed by atoms with van der Waals surface area (Å²) in [6, 6.07) is 8.00. The number of anilines is 1. The molecule has 0 radical (unpaired) electrons. The first-order chi connectivity index (χ1) is 7.67. The number of carbonyl (C=O) groups is 1. The molecule has 0 fully saturated rings. The third kappa shape index (κ3) is 3.86. The first kappa shape index (κ1) is 13.0. The molecular weight excluding hydrogens is 222 g/mol. The second kappa shape index (κ2) is 6.54. The molecule has 0 aliphatic heterocycles. The number of carbonyl (C=O) groups excluding carboxylic acids is 1. The number of amides is 1. The van der Waals surface area contributed by atoms with Gasteiger partial charge in [-0.05, 0) is 30.0 Å². The molecular formula is C13H18ClNO. The fourth-order valence-electron chi connectivity index (χ4n) is 1.44. The van der Waals surface area contributed by atoms with E-state index in [1.165, 1.54) is 5.56 Å². The van der Waals surface area contributed by atoms with Crippen molar-refractivity contribution in [3.8, 4) is 0 Å². The monoisotopic (exact) mass is 239 g/mol. The lowest BCUT2D eigenvalue weighted by Crippen LogP contribution is -2.11. The Labute approximate surface area is 102 Å². The van der Waals surface area contributed by atoms with Gasteiger partial charge in [0.2, 0.25) is 5.91 Å². The summed E-state index contributed by atoms with van der Waals surface area (Å²) >= 11 is 5.49. The molecule has 1 rings (SSSR count). The molecule has 1 amide bonds. The van der Waals surface area contributed by atoms with Crippen LogP contribution in [-0.2, 0) is 4.79 Å². The Balaban J connectivity index is 2.61. The largest absolute Gasteiger partial charge is 0.326 e. The summed E-state index contributed by atoms with van der Waals surface area (Å²) in [6.07, 6.45) is 1.48. The second-order valence-electron chi connectivity index (χ2n) is 3.92. The van der Waals surface area contributed by atoms with E-state index in [1.807, 2.05) is 12.1 Å². The van der Waals surface area contributed by atoms with Gasteiger partial charge in [-0.25, -0.2) is 0 Å². The van der Waals surface area contributed by atoms with Crippen LogP contribution in [0.4, 0.5) is 5.69 Å². The van der Waals surface area contributed by atoms with Crippen LogP contribution in [0.1, 0.15) is 38.2 Å². The molecule has 1 atom stereocenters. The summed E-state index contributed by atoms with van der Waals surface area (Å²) in [6.45, 7) is 4.36. The van der Waals surface area contributed by atoms with Crippen LogP contribution in [0.15, 0.2) is 24.3 Å². The van der Waals surface area contributed by atoms with Gasteiger partial charge in [-0.3, -0.25) is 4.79 Å². The van der Waals surface area contributed by atoms with Crippen molar-refractivity contribution in [1.82, 2.24) is 0 Å². The molecule has 16 heavy (non-hydrogen) atoms. The molecule has 0 bridgehead atoms. The van der Waals surface area contributed by atoms with Crippen LogP contribution in [0, 0.1) is 0 Å². The molecule has 1 aromatic carbocycles. The summed E-state index contributed by atoms with van der Waals surface area (Å²) in [5, 5.41) is 2.80. The molecule has 0 aliphatic rings. The Bertz CT molecular complexity index is 334. The van der Waals surface area contributed by atoms with E-state index in [-0.39, 0.29) is 5.91 Å².